The van der Waals surface area contributed by atoms with Gasteiger partial charge in [0.2, 0.25) is 0 Å². The van der Waals surface area contributed by atoms with Gasteiger partial charge < -0.3 is 0 Å². The van der Waals surface area contributed by atoms with E-state index in [-0.39, 0.29) is 5.41 Å². The van der Waals surface area contributed by atoms with Crippen molar-refractivity contribution in [2.24, 2.45) is 16.2 Å². The Bertz CT molecular complexity index is 1840. The second-order valence-corrected chi connectivity index (χ2v) is 14.8. The average molecular weight is 637 g/mol. The van der Waals surface area contributed by atoms with Gasteiger partial charge in [0.25, 0.3) is 0 Å². The fourth-order valence-corrected chi connectivity index (χ4v) is 10.1. The minimum Gasteiger partial charge on any atom is -0.179 e. The minimum atomic E-state index is 0.199. The largest absolute Gasteiger partial charge is 0.179 e. The molecule has 8 rings (SSSR count). The van der Waals surface area contributed by atoms with Gasteiger partial charge in [0, 0.05) is 27.8 Å². The molecule has 5 aliphatic carbocycles. The van der Waals surface area contributed by atoms with Crippen LogP contribution in [0.1, 0.15) is 71.9 Å². The molecule has 0 atom stereocenters. The van der Waals surface area contributed by atoms with E-state index < -0.39 is 0 Å². The standard InChI is InChI=1S/C42H36S3/c43-29-39-23-40(30-44)25-41(24-39,31-45)28-42(26-39,27-40)38-21-19-37(20-22-38)18-17-36-15-13-35(14-16-36)12-11-34-9-7-33(8-10-34)6-5-32-3-1-2-4-32/h1-3,7-10,13-16,19-22,43-45H,23-31H2. The van der Waals surface area contributed by atoms with Gasteiger partial charge in [-0.2, -0.15) is 37.9 Å². The summed E-state index contributed by atoms with van der Waals surface area (Å²) in [4.78, 5) is 0. The Morgan fingerprint density at radius 2 is 0.844 bits per heavy atom. The summed E-state index contributed by atoms with van der Waals surface area (Å²) in [7, 11) is 0. The molecule has 0 spiro atoms. The molecule has 0 radical (unpaired) electrons. The highest BCUT2D eigenvalue weighted by molar-refractivity contribution is 7.80. The Balaban J connectivity index is 1.03. The second kappa shape index (κ2) is 12.1. The summed E-state index contributed by atoms with van der Waals surface area (Å²) in [5.41, 5.74) is 11.5. The number of hydrogen-bond donors (Lipinski definition) is 3. The maximum absolute atomic E-state index is 4.92. The van der Waals surface area contributed by atoms with Gasteiger partial charge in [0.1, 0.15) is 0 Å². The number of benzene rings is 3. The highest BCUT2D eigenvalue weighted by Crippen LogP contribution is 2.74. The van der Waals surface area contributed by atoms with Gasteiger partial charge >= 0.3 is 0 Å². The van der Waals surface area contributed by atoms with E-state index in [4.69, 9.17) is 37.9 Å². The average Bonchev–Trinajstić information content (AvgIpc) is 3.60. The third-order valence-electron chi connectivity index (χ3n) is 10.3. The van der Waals surface area contributed by atoms with Crippen LogP contribution in [0.4, 0.5) is 0 Å². The molecule has 0 nitrogen and oxygen atoms in total. The van der Waals surface area contributed by atoms with Gasteiger partial charge in [-0.15, -0.1) is 5.73 Å². The van der Waals surface area contributed by atoms with Gasteiger partial charge in [0.15, 0.2) is 0 Å². The smallest absolute Gasteiger partial charge is 0.0667 e. The lowest BCUT2D eigenvalue weighted by Gasteiger charge is -2.71. The van der Waals surface area contributed by atoms with Crippen LogP contribution in [-0.4, -0.2) is 17.3 Å². The van der Waals surface area contributed by atoms with Crippen LogP contribution in [0.15, 0.2) is 102 Å². The molecule has 0 saturated heterocycles. The number of thiol groups is 3. The van der Waals surface area contributed by atoms with Crippen molar-refractivity contribution in [3.63, 3.8) is 0 Å². The van der Waals surface area contributed by atoms with Crippen molar-refractivity contribution in [2.75, 3.05) is 17.3 Å². The Morgan fingerprint density at radius 1 is 0.489 bits per heavy atom. The van der Waals surface area contributed by atoms with E-state index in [9.17, 15) is 0 Å². The normalized spacial score (nSPS) is 28.4. The lowest BCUT2D eigenvalue weighted by atomic mass is 9.35. The van der Waals surface area contributed by atoms with Crippen molar-refractivity contribution < 1.29 is 0 Å². The lowest BCUT2D eigenvalue weighted by molar-refractivity contribution is -0.145. The van der Waals surface area contributed by atoms with Gasteiger partial charge in [-0.1, -0.05) is 53.7 Å². The van der Waals surface area contributed by atoms with Crippen LogP contribution in [0.3, 0.4) is 0 Å². The molecule has 0 N–H and O–H groups in total. The molecule has 0 unspecified atom stereocenters. The van der Waals surface area contributed by atoms with E-state index in [0.29, 0.717) is 16.2 Å². The molecule has 5 aliphatic rings. The Hall–Kier alpha value is -3.35. The van der Waals surface area contributed by atoms with Crippen LogP contribution in [0.5, 0.6) is 0 Å². The van der Waals surface area contributed by atoms with E-state index in [1.807, 2.05) is 66.8 Å². The summed E-state index contributed by atoms with van der Waals surface area (Å²) < 4.78 is 0. The van der Waals surface area contributed by atoms with Crippen LogP contribution in [0.2, 0.25) is 0 Å². The molecule has 4 bridgehead atoms. The zero-order valence-corrected chi connectivity index (χ0v) is 28.0. The topological polar surface area (TPSA) is 0 Å². The SMILES string of the molecule is SCC12CC3(CS)CC(CS)(C1)CC(c1ccc(C#Cc4ccc(C#Cc5ccc(C#CC6=C=CC=C6)cc5)cc4)cc1)(C2)C3. The molecule has 3 aromatic carbocycles. The highest BCUT2D eigenvalue weighted by atomic mass is 32.1. The molecule has 0 heterocycles. The van der Waals surface area contributed by atoms with Gasteiger partial charge in [-0.05, 0) is 156 Å². The molecule has 3 aromatic rings. The first kappa shape index (κ1) is 30.3. The quantitative estimate of drug-likeness (QED) is 0.142. The van der Waals surface area contributed by atoms with Crippen LogP contribution >= 0.6 is 37.9 Å². The molecule has 0 aliphatic heterocycles. The minimum absolute atomic E-state index is 0.199. The summed E-state index contributed by atoms with van der Waals surface area (Å²) in [6, 6.07) is 25.3. The third kappa shape index (κ3) is 6.12. The van der Waals surface area contributed by atoms with Crippen molar-refractivity contribution in [1.82, 2.24) is 0 Å². The van der Waals surface area contributed by atoms with Gasteiger partial charge in [-0.25, -0.2) is 0 Å². The zero-order valence-electron chi connectivity index (χ0n) is 25.4. The first-order valence-corrected chi connectivity index (χ1v) is 17.6. The van der Waals surface area contributed by atoms with E-state index in [1.165, 1.54) is 44.1 Å². The molecule has 222 valence electrons. The monoisotopic (exact) mass is 636 g/mol. The lowest BCUT2D eigenvalue weighted by Crippen LogP contribution is -2.64. The Morgan fingerprint density at radius 3 is 1.18 bits per heavy atom. The van der Waals surface area contributed by atoms with Crippen molar-refractivity contribution in [1.29, 1.82) is 0 Å². The van der Waals surface area contributed by atoms with Crippen LogP contribution in [0, 0.1) is 51.8 Å². The van der Waals surface area contributed by atoms with E-state index in [0.717, 1.165) is 50.6 Å². The molecule has 0 amide bonds. The van der Waals surface area contributed by atoms with Crippen LogP contribution in [-0.2, 0) is 5.41 Å². The summed E-state index contributed by atoms with van der Waals surface area (Å²) in [5, 5.41) is 0. The number of allylic oxidation sites excluding steroid dienone is 3. The zero-order chi connectivity index (χ0) is 31.0. The predicted molar refractivity (Wildman–Crippen MR) is 197 cm³/mol. The highest BCUT2D eigenvalue weighted by Gasteiger charge is 2.67. The summed E-state index contributed by atoms with van der Waals surface area (Å²) in [5.74, 6) is 22.4. The first-order chi connectivity index (χ1) is 21.9. The van der Waals surface area contributed by atoms with E-state index in [1.54, 1.807) is 0 Å². The molecular formula is C42H36S3. The van der Waals surface area contributed by atoms with Crippen molar-refractivity contribution in [3.05, 3.63) is 136 Å². The fourth-order valence-electron chi connectivity index (χ4n) is 9.12. The summed E-state index contributed by atoms with van der Waals surface area (Å²) in [6.07, 6.45) is 13.3. The molecule has 3 heteroatoms. The molecule has 0 aromatic heterocycles. The van der Waals surface area contributed by atoms with Crippen molar-refractivity contribution in [3.8, 4) is 35.5 Å². The Kier molecular flexibility index (Phi) is 8.16. The van der Waals surface area contributed by atoms with E-state index >= 15 is 0 Å². The van der Waals surface area contributed by atoms with Crippen LogP contribution in [0.25, 0.3) is 0 Å². The van der Waals surface area contributed by atoms with Crippen molar-refractivity contribution >= 4 is 37.9 Å². The number of hydrogen-bond acceptors (Lipinski definition) is 3. The van der Waals surface area contributed by atoms with E-state index in [2.05, 4.69) is 65.5 Å². The number of rotatable bonds is 4. The molecule has 45 heavy (non-hydrogen) atoms. The van der Waals surface area contributed by atoms with Gasteiger partial charge in [0.05, 0.1) is 5.57 Å². The molecular weight excluding hydrogens is 601 g/mol. The maximum Gasteiger partial charge on any atom is 0.0667 e. The molecule has 4 fully saturated rings. The third-order valence-corrected chi connectivity index (χ3v) is 12.3. The Labute approximate surface area is 285 Å². The van der Waals surface area contributed by atoms with Crippen molar-refractivity contribution in [2.45, 2.75) is 43.9 Å². The summed E-state index contributed by atoms with van der Waals surface area (Å²) in [6.45, 7) is 0. The maximum atomic E-state index is 4.92. The van der Waals surface area contributed by atoms with Gasteiger partial charge in [-0.3, -0.25) is 0 Å². The van der Waals surface area contributed by atoms with Crippen LogP contribution < -0.4 is 0 Å². The fraction of sp³-hybridized carbons (Fsp3) is 0.310. The molecule has 4 saturated carbocycles. The first-order valence-electron chi connectivity index (χ1n) is 15.7. The second-order valence-electron chi connectivity index (χ2n) is 13.9. The predicted octanol–water partition coefficient (Wildman–Crippen LogP) is 8.86. The summed E-state index contributed by atoms with van der Waals surface area (Å²) >= 11 is 14.8.